The summed E-state index contributed by atoms with van der Waals surface area (Å²) >= 11 is 0. The van der Waals surface area contributed by atoms with E-state index < -0.39 is 6.04 Å². The van der Waals surface area contributed by atoms with Crippen molar-refractivity contribution in [2.45, 2.75) is 19.9 Å². The van der Waals surface area contributed by atoms with Crippen molar-refractivity contribution in [2.24, 2.45) is 5.73 Å². The Bertz CT molecular complexity index is 860. The monoisotopic (exact) mass is 338 g/mol. The standard InChI is InChI=1S/C19H22N4O2/c1-4-25-16-11-13(9-10-15(16)24-3)17(20)19-21-18(22-23-19)14-8-6-5-7-12(14)2/h5-11,17H,4,20H2,1-3H3,(H,21,22,23)/t17-/m0/s1. The lowest BCUT2D eigenvalue weighted by molar-refractivity contribution is 0.310. The summed E-state index contributed by atoms with van der Waals surface area (Å²) in [6.45, 7) is 4.51. The molecule has 2 aromatic carbocycles. The van der Waals surface area contributed by atoms with Gasteiger partial charge in [-0.05, 0) is 37.1 Å². The number of H-pyrrole nitrogens is 1. The van der Waals surface area contributed by atoms with Crippen LogP contribution in [0.1, 0.15) is 29.9 Å². The van der Waals surface area contributed by atoms with E-state index in [1.54, 1.807) is 7.11 Å². The van der Waals surface area contributed by atoms with Crippen LogP contribution in [0.25, 0.3) is 11.4 Å². The minimum Gasteiger partial charge on any atom is -0.493 e. The third-order valence-electron chi connectivity index (χ3n) is 4.03. The largest absolute Gasteiger partial charge is 0.493 e. The van der Waals surface area contributed by atoms with Gasteiger partial charge >= 0.3 is 0 Å². The molecular weight excluding hydrogens is 316 g/mol. The highest BCUT2D eigenvalue weighted by molar-refractivity contribution is 5.59. The molecule has 130 valence electrons. The first-order chi connectivity index (χ1) is 12.1. The van der Waals surface area contributed by atoms with Crippen LogP contribution < -0.4 is 15.2 Å². The number of nitrogens with one attached hydrogen (secondary N) is 1. The predicted molar refractivity (Wildman–Crippen MR) is 96.7 cm³/mol. The first-order valence-electron chi connectivity index (χ1n) is 8.18. The molecule has 3 N–H and O–H groups in total. The van der Waals surface area contributed by atoms with Crippen molar-refractivity contribution in [3.8, 4) is 22.9 Å². The molecule has 0 aliphatic rings. The van der Waals surface area contributed by atoms with E-state index in [-0.39, 0.29) is 0 Å². The molecular formula is C19H22N4O2. The highest BCUT2D eigenvalue weighted by Crippen LogP contribution is 2.31. The molecule has 25 heavy (non-hydrogen) atoms. The molecule has 0 aliphatic carbocycles. The van der Waals surface area contributed by atoms with Crippen molar-refractivity contribution < 1.29 is 9.47 Å². The van der Waals surface area contributed by atoms with Gasteiger partial charge in [-0.1, -0.05) is 30.3 Å². The van der Waals surface area contributed by atoms with Gasteiger partial charge in [-0.15, -0.1) is 0 Å². The Labute approximate surface area is 147 Å². The fraction of sp³-hybridized carbons (Fsp3) is 0.263. The van der Waals surface area contributed by atoms with E-state index in [0.29, 0.717) is 29.8 Å². The van der Waals surface area contributed by atoms with E-state index in [2.05, 4.69) is 15.2 Å². The van der Waals surface area contributed by atoms with Crippen molar-refractivity contribution >= 4 is 0 Å². The smallest absolute Gasteiger partial charge is 0.181 e. The zero-order valence-electron chi connectivity index (χ0n) is 14.6. The molecule has 1 atom stereocenters. The van der Waals surface area contributed by atoms with Crippen molar-refractivity contribution in [1.82, 2.24) is 15.2 Å². The maximum Gasteiger partial charge on any atom is 0.181 e. The van der Waals surface area contributed by atoms with Crippen LogP contribution in [-0.2, 0) is 0 Å². The lowest BCUT2D eigenvalue weighted by atomic mass is 10.1. The Balaban J connectivity index is 1.90. The van der Waals surface area contributed by atoms with Crippen molar-refractivity contribution in [2.75, 3.05) is 13.7 Å². The molecule has 6 nitrogen and oxygen atoms in total. The quantitative estimate of drug-likeness (QED) is 0.720. The van der Waals surface area contributed by atoms with Gasteiger partial charge in [0, 0.05) is 5.56 Å². The minimum absolute atomic E-state index is 0.435. The fourth-order valence-corrected chi connectivity index (χ4v) is 2.67. The summed E-state index contributed by atoms with van der Waals surface area (Å²) < 4.78 is 10.9. The van der Waals surface area contributed by atoms with Crippen LogP contribution in [0.15, 0.2) is 42.5 Å². The normalized spacial score (nSPS) is 12.0. The maximum absolute atomic E-state index is 6.37. The first-order valence-corrected chi connectivity index (χ1v) is 8.18. The second-order valence-corrected chi connectivity index (χ2v) is 5.68. The molecule has 0 fully saturated rings. The minimum atomic E-state index is -0.435. The number of aromatic nitrogens is 3. The SMILES string of the molecule is CCOc1cc([C@H](N)c2nc(-c3ccccc3C)n[nH]2)ccc1OC. The summed E-state index contributed by atoms with van der Waals surface area (Å²) in [5.41, 5.74) is 9.35. The van der Waals surface area contributed by atoms with Crippen LogP contribution in [0, 0.1) is 6.92 Å². The Morgan fingerprint density at radius 1 is 1.16 bits per heavy atom. The first kappa shape index (κ1) is 17.0. The molecule has 1 heterocycles. The van der Waals surface area contributed by atoms with Crippen LogP contribution in [-0.4, -0.2) is 28.9 Å². The van der Waals surface area contributed by atoms with Gasteiger partial charge in [0.2, 0.25) is 0 Å². The number of aromatic amines is 1. The summed E-state index contributed by atoms with van der Waals surface area (Å²) in [6.07, 6.45) is 0. The molecule has 0 amide bonds. The summed E-state index contributed by atoms with van der Waals surface area (Å²) in [5, 5.41) is 7.27. The Morgan fingerprint density at radius 2 is 1.96 bits per heavy atom. The van der Waals surface area contributed by atoms with E-state index >= 15 is 0 Å². The number of nitrogens with zero attached hydrogens (tertiary/aromatic N) is 2. The molecule has 0 radical (unpaired) electrons. The van der Waals surface area contributed by atoms with Crippen molar-refractivity contribution in [3.05, 3.63) is 59.4 Å². The van der Waals surface area contributed by atoms with Gasteiger partial charge in [0.15, 0.2) is 17.3 Å². The van der Waals surface area contributed by atoms with Crippen LogP contribution in [0.4, 0.5) is 0 Å². The Hall–Kier alpha value is -2.86. The zero-order valence-corrected chi connectivity index (χ0v) is 14.6. The fourth-order valence-electron chi connectivity index (χ4n) is 2.67. The number of nitrogens with two attached hydrogens (primary N) is 1. The van der Waals surface area contributed by atoms with Gasteiger partial charge in [0.25, 0.3) is 0 Å². The van der Waals surface area contributed by atoms with Gasteiger partial charge < -0.3 is 15.2 Å². The summed E-state index contributed by atoms with van der Waals surface area (Å²) in [4.78, 5) is 4.57. The summed E-state index contributed by atoms with van der Waals surface area (Å²) in [6, 6.07) is 13.2. The third kappa shape index (κ3) is 3.49. The lowest BCUT2D eigenvalue weighted by Crippen LogP contribution is -2.14. The number of ether oxygens (including phenoxy) is 2. The molecule has 0 aliphatic heterocycles. The van der Waals surface area contributed by atoms with Crippen LogP contribution in [0.5, 0.6) is 11.5 Å². The van der Waals surface area contributed by atoms with E-state index in [1.807, 2.05) is 56.3 Å². The molecule has 3 rings (SSSR count). The second-order valence-electron chi connectivity index (χ2n) is 5.68. The summed E-state index contributed by atoms with van der Waals surface area (Å²) in [7, 11) is 1.61. The van der Waals surface area contributed by atoms with E-state index in [9.17, 15) is 0 Å². The number of benzene rings is 2. The number of hydrogen-bond acceptors (Lipinski definition) is 5. The predicted octanol–water partition coefficient (Wildman–Crippen LogP) is 3.24. The highest BCUT2D eigenvalue weighted by Gasteiger charge is 2.17. The number of aryl methyl sites for hydroxylation is 1. The molecule has 0 spiro atoms. The Kier molecular flexibility index (Phi) is 5.00. The molecule has 0 saturated carbocycles. The zero-order chi connectivity index (χ0) is 17.8. The van der Waals surface area contributed by atoms with Gasteiger partial charge in [-0.25, -0.2) is 4.98 Å². The van der Waals surface area contributed by atoms with E-state index in [0.717, 1.165) is 16.7 Å². The second kappa shape index (κ2) is 7.36. The molecule has 6 heteroatoms. The van der Waals surface area contributed by atoms with Gasteiger partial charge in [-0.3, -0.25) is 5.10 Å². The van der Waals surface area contributed by atoms with Crippen molar-refractivity contribution in [1.29, 1.82) is 0 Å². The van der Waals surface area contributed by atoms with E-state index in [4.69, 9.17) is 15.2 Å². The van der Waals surface area contributed by atoms with Crippen LogP contribution >= 0.6 is 0 Å². The summed E-state index contributed by atoms with van der Waals surface area (Å²) in [5.74, 6) is 2.58. The Morgan fingerprint density at radius 3 is 2.68 bits per heavy atom. The average molecular weight is 338 g/mol. The molecule has 0 saturated heterocycles. The molecule has 1 aromatic heterocycles. The molecule has 0 unspecified atom stereocenters. The molecule has 0 bridgehead atoms. The van der Waals surface area contributed by atoms with Gasteiger partial charge in [0.1, 0.15) is 5.82 Å². The van der Waals surface area contributed by atoms with Gasteiger partial charge in [-0.2, -0.15) is 5.10 Å². The average Bonchev–Trinajstić information content (AvgIpc) is 3.11. The number of methoxy groups -OCH3 is 1. The third-order valence-corrected chi connectivity index (χ3v) is 4.03. The number of rotatable bonds is 6. The van der Waals surface area contributed by atoms with Crippen molar-refractivity contribution in [3.63, 3.8) is 0 Å². The highest BCUT2D eigenvalue weighted by atomic mass is 16.5. The number of hydrogen-bond donors (Lipinski definition) is 2. The maximum atomic E-state index is 6.37. The van der Waals surface area contributed by atoms with E-state index in [1.165, 1.54) is 0 Å². The van der Waals surface area contributed by atoms with Crippen LogP contribution in [0.3, 0.4) is 0 Å². The lowest BCUT2D eigenvalue weighted by Gasteiger charge is -2.14. The van der Waals surface area contributed by atoms with Crippen LogP contribution in [0.2, 0.25) is 0 Å². The van der Waals surface area contributed by atoms with Gasteiger partial charge in [0.05, 0.1) is 19.8 Å². The topological polar surface area (TPSA) is 86.0 Å². The molecule has 3 aromatic rings.